The van der Waals surface area contributed by atoms with Crippen molar-refractivity contribution in [1.29, 1.82) is 0 Å². The van der Waals surface area contributed by atoms with Gasteiger partial charge in [-0.3, -0.25) is 14.9 Å². The van der Waals surface area contributed by atoms with Crippen LogP contribution >= 0.6 is 0 Å². The highest BCUT2D eigenvalue weighted by molar-refractivity contribution is 5.96. The van der Waals surface area contributed by atoms with Gasteiger partial charge in [0.25, 0.3) is 5.91 Å². The number of urea groups is 1. The normalized spacial score (nSPS) is 11.6. The molecule has 8 heteroatoms. The van der Waals surface area contributed by atoms with Crippen molar-refractivity contribution in [3.05, 3.63) is 48.0 Å². The van der Waals surface area contributed by atoms with Crippen LogP contribution in [0.5, 0.6) is 0 Å². The third kappa shape index (κ3) is 6.58. The zero-order chi connectivity index (χ0) is 22.1. The van der Waals surface area contributed by atoms with Crippen LogP contribution in [0.3, 0.4) is 0 Å². The molecule has 0 saturated heterocycles. The molecule has 2 aromatic rings. The molecule has 0 unspecified atom stereocenters. The van der Waals surface area contributed by atoms with Gasteiger partial charge in [0.1, 0.15) is 6.04 Å². The number of nitrogens with one attached hydrogen (secondary N) is 3. The summed E-state index contributed by atoms with van der Waals surface area (Å²) in [6, 6.07) is 11.9. The van der Waals surface area contributed by atoms with E-state index >= 15 is 0 Å². The number of imide groups is 1. The highest BCUT2D eigenvalue weighted by Crippen LogP contribution is 2.19. The van der Waals surface area contributed by atoms with E-state index in [1.165, 1.54) is 0 Å². The van der Waals surface area contributed by atoms with Crippen LogP contribution in [0.25, 0.3) is 10.8 Å². The number of carbonyl (C=O) groups is 4. The summed E-state index contributed by atoms with van der Waals surface area (Å²) in [7, 11) is 0. The number of amides is 4. The van der Waals surface area contributed by atoms with Crippen molar-refractivity contribution in [1.82, 2.24) is 16.0 Å². The number of ether oxygens (including phenoxy) is 1. The van der Waals surface area contributed by atoms with E-state index in [0.717, 1.165) is 16.3 Å². The van der Waals surface area contributed by atoms with E-state index in [-0.39, 0.29) is 18.2 Å². The molecule has 0 saturated carbocycles. The molecule has 3 N–H and O–H groups in total. The van der Waals surface area contributed by atoms with Crippen LogP contribution in [0.2, 0.25) is 0 Å². The molecule has 2 aromatic carbocycles. The second kappa shape index (κ2) is 10.9. The quantitative estimate of drug-likeness (QED) is 0.572. The third-order valence-corrected chi connectivity index (χ3v) is 4.40. The van der Waals surface area contributed by atoms with Gasteiger partial charge in [0.15, 0.2) is 6.61 Å². The Hall–Kier alpha value is -3.42. The first kappa shape index (κ1) is 22.9. The molecule has 0 aliphatic heterocycles. The van der Waals surface area contributed by atoms with Crippen molar-refractivity contribution >= 4 is 34.6 Å². The summed E-state index contributed by atoms with van der Waals surface area (Å²) in [4.78, 5) is 48.0. The maximum atomic E-state index is 12.6. The minimum atomic E-state index is -0.912. The van der Waals surface area contributed by atoms with Crippen molar-refractivity contribution in [2.45, 2.75) is 33.2 Å². The molecule has 0 heterocycles. The van der Waals surface area contributed by atoms with Crippen molar-refractivity contribution in [3.63, 3.8) is 0 Å². The van der Waals surface area contributed by atoms with Crippen LogP contribution in [0, 0.1) is 5.92 Å². The monoisotopic (exact) mass is 413 g/mol. The summed E-state index contributed by atoms with van der Waals surface area (Å²) in [6.45, 7) is 4.98. The number of rotatable bonds is 8. The van der Waals surface area contributed by atoms with Crippen molar-refractivity contribution in [2.24, 2.45) is 5.92 Å². The number of hydrogen-bond donors (Lipinski definition) is 3. The molecule has 0 radical (unpaired) electrons. The lowest BCUT2D eigenvalue weighted by atomic mass is 10.0. The van der Waals surface area contributed by atoms with Gasteiger partial charge in [-0.2, -0.15) is 0 Å². The molecule has 0 aromatic heterocycles. The Labute approximate surface area is 175 Å². The topological polar surface area (TPSA) is 114 Å². The molecule has 4 amide bonds. The molecule has 0 spiro atoms. The lowest BCUT2D eigenvalue weighted by Gasteiger charge is -2.21. The smallest absolute Gasteiger partial charge is 0.329 e. The third-order valence-electron chi connectivity index (χ3n) is 4.40. The minimum Gasteiger partial charge on any atom is -0.454 e. The Morgan fingerprint density at radius 3 is 2.37 bits per heavy atom. The van der Waals surface area contributed by atoms with Crippen LogP contribution in [-0.2, 0) is 25.5 Å². The molecule has 160 valence electrons. The van der Waals surface area contributed by atoms with Gasteiger partial charge >= 0.3 is 12.0 Å². The van der Waals surface area contributed by atoms with E-state index in [9.17, 15) is 19.2 Å². The molecule has 0 aliphatic rings. The predicted molar refractivity (Wildman–Crippen MR) is 113 cm³/mol. The summed E-state index contributed by atoms with van der Waals surface area (Å²) < 4.78 is 4.98. The number of fused-ring (bicyclic) bond motifs is 1. The maximum Gasteiger partial charge on any atom is 0.329 e. The lowest BCUT2D eigenvalue weighted by molar-refractivity contribution is -0.152. The van der Waals surface area contributed by atoms with Gasteiger partial charge in [-0.25, -0.2) is 9.59 Å². The molecule has 0 aliphatic carbocycles. The molecule has 8 nitrogen and oxygen atoms in total. The van der Waals surface area contributed by atoms with Gasteiger partial charge in [0.2, 0.25) is 5.91 Å². The van der Waals surface area contributed by atoms with Crippen LogP contribution in [0.1, 0.15) is 26.3 Å². The first-order valence-corrected chi connectivity index (χ1v) is 9.82. The fraction of sp³-hybridized carbons (Fsp3) is 0.364. The maximum absolute atomic E-state index is 12.6. The number of carbonyl (C=O) groups excluding carboxylic acids is 4. The van der Waals surface area contributed by atoms with E-state index < -0.39 is 30.6 Å². The molecule has 2 rings (SSSR count). The molecule has 0 fully saturated rings. The summed E-state index contributed by atoms with van der Waals surface area (Å²) >= 11 is 0. The van der Waals surface area contributed by atoms with Crippen LogP contribution in [-0.4, -0.2) is 43.0 Å². The van der Waals surface area contributed by atoms with E-state index in [1.807, 2.05) is 47.8 Å². The number of esters is 1. The van der Waals surface area contributed by atoms with Gasteiger partial charge in [-0.05, 0) is 29.2 Å². The van der Waals surface area contributed by atoms with Crippen molar-refractivity contribution in [3.8, 4) is 0 Å². The van der Waals surface area contributed by atoms with E-state index in [4.69, 9.17) is 4.74 Å². The van der Waals surface area contributed by atoms with Crippen molar-refractivity contribution in [2.75, 3.05) is 13.2 Å². The Morgan fingerprint density at radius 2 is 1.67 bits per heavy atom. The van der Waals surface area contributed by atoms with Gasteiger partial charge in [-0.1, -0.05) is 56.3 Å². The Bertz CT molecular complexity index is 921. The van der Waals surface area contributed by atoms with Gasteiger partial charge < -0.3 is 15.4 Å². The molecule has 1 atom stereocenters. The summed E-state index contributed by atoms with van der Waals surface area (Å²) in [5, 5.41) is 9.13. The minimum absolute atomic E-state index is 0.107. The fourth-order valence-electron chi connectivity index (χ4n) is 2.94. The molecular weight excluding hydrogens is 386 g/mol. The first-order valence-electron chi connectivity index (χ1n) is 9.82. The standard InChI is InChI=1S/C22H27N3O5/c1-4-23-22(29)25-19(27)13-30-21(28)20(14(2)3)24-18(26)12-16-10-7-9-15-8-5-6-11-17(15)16/h5-11,14,20H,4,12-13H2,1-3H3,(H,24,26)(H2,23,25,27,29)/t20-/m0/s1. The lowest BCUT2D eigenvalue weighted by Crippen LogP contribution is -2.47. The highest BCUT2D eigenvalue weighted by Gasteiger charge is 2.26. The number of benzene rings is 2. The van der Waals surface area contributed by atoms with Crippen LogP contribution < -0.4 is 16.0 Å². The largest absolute Gasteiger partial charge is 0.454 e. The van der Waals surface area contributed by atoms with Gasteiger partial charge in [0.05, 0.1) is 6.42 Å². The predicted octanol–water partition coefficient (Wildman–Crippen LogP) is 1.91. The SMILES string of the molecule is CCNC(=O)NC(=O)COC(=O)[C@@H](NC(=O)Cc1cccc2ccccc12)C(C)C. The van der Waals surface area contributed by atoms with Crippen molar-refractivity contribution < 1.29 is 23.9 Å². The van der Waals surface area contributed by atoms with E-state index in [0.29, 0.717) is 6.54 Å². The first-order chi connectivity index (χ1) is 14.3. The Balaban J connectivity index is 1.95. The summed E-state index contributed by atoms with van der Waals surface area (Å²) in [5.41, 5.74) is 0.850. The Kier molecular flexibility index (Phi) is 8.34. The van der Waals surface area contributed by atoms with E-state index in [1.54, 1.807) is 20.8 Å². The average molecular weight is 413 g/mol. The second-order valence-corrected chi connectivity index (χ2v) is 7.12. The fourth-order valence-corrected chi connectivity index (χ4v) is 2.94. The molecule has 0 bridgehead atoms. The second-order valence-electron chi connectivity index (χ2n) is 7.12. The molecule has 30 heavy (non-hydrogen) atoms. The highest BCUT2D eigenvalue weighted by atomic mass is 16.5. The summed E-state index contributed by atoms with van der Waals surface area (Å²) in [5.74, 6) is -2.06. The molecular formula is C22H27N3O5. The average Bonchev–Trinajstić information content (AvgIpc) is 2.70. The zero-order valence-corrected chi connectivity index (χ0v) is 17.4. The zero-order valence-electron chi connectivity index (χ0n) is 17.4. The van der Waals surface area contributed by atoms with Crippen LogP contribution in [0.15, 0.2) is 42.5 Å². The van der Waals surface area contributed by atoms with Gasteiger partial charge in [-0.15, -0.1) is 0 Å². The Morgan fingerprint density at radius 1 is 0.967 bits per heavy atom. The van der Waals surface area contributed by atoms with Gasteiger partial charge in [0, 0.05) is 6.54 Å². The van der Waals surface area contributed by atoms with Crippen LogP contribution in [0.4, 0.5) is 4.79 Å². The van der Waals surface area contributed by atoms with E-state index in [2.05, 4.69) is 10.6 Å². The summed E-state index contributed by atoms with van der Waals surface area (Å²) in [6.07, 6.45) is 0.107. The number of hydrogen-bond acceptors (Lipinski definition) is 5.